The fourth-order valence-corrected chi connectivity index (χ4v) is 3.35. The lowest BCUT2D eigenvalue weighted by Crippen LogP contribution is -2.38. The summed E-state index contributed by atoms with van der Waals surface area (Å²) >= 11 is 0. The van der Waals surface area contributed by atoms with E-state index in [1.54, 1.807) is 0 Å². The normalized spacial score (nSPS) is 30.2. The maximum absolute atomic E-state index is 4.78. The van der Waals surface area contributed by atoms with Crippen molar-refractivity contribution >= 4 is 0 Å². The molecular weight excluding hydrogens is 210 g/mol. The first-order chi connectivity index (χ1) is 8.25. The van der Waals surface area contributed by atoms with E-state index in [2.05, 4.69) is 29.2 Å². The molecule has 1 N–H and O–H groups in total. The van der Waals surface area contributed by atoms with Crippen LogP contribution in [0, 0.1) is 0 Å². The van der Waals surface area contributed by atoms with Crippen molar-refractivity contribution in [2.75, 3.05) is 6.54 Å². The SMILES string of the molecule is CC1(Cc2ccn(C3CCCC3)n2)CCCN1. The van der Waals surface area contributed by atoms with Crippen molar-refractivity contribution in [1.82, 2.24) is 15.1 Å². The summed E-state index contributed by atoms with van der Waals surface area (Å²) in [6.45, 7) is 3.49. The second-order valence-corrected chi connectivity index (χ2v) is 5.99. The Morgan fingerprint density at radius 1 is 1.41 bits per heavy atom. The second kappa shape index (κ2) is 4.45. The van der Waals surface area contributed by atoms with Gasteiger partial charge in [-0.2, -0.15) is 5.10 Å². The minimum absolute atomic E-state index is 0.287. The molecule has 1 aliphatic heterocycles. The molecule has 2 fully saturated rings. The van der Waals surface area contributed by atoms with E-state index in [1.807, 2.05) is 0 Å². The lowest BCUT2D eigenvalue weighted by atomic mass is 9.94. The highest BCUT2D eigenvalue weighted by Crippen LogP contribution is 2.29. The maximum atomic E-state index is 4.78. The van der Waals surface area contributed by atoms with Gasteiger partial charge in [0, 0.05) is 18.2 Å². The minimum atomic E-state index is 0.287. The first-order valence-electron chi connectivity index (χ1n) is 7.04. The van der Waals surface area contributed by atoms with Gasteiger partial charge in [0.05, 0.1) is 11.7 Å². The van der Waals surface area contributed by atoms with Crippen LogP contribution in [0.5, 0.6) is 0 Å². The van der Waals surface area contributed by atoms with Crippen LogP contribution in [0.2, 0.25) is 0 Å². The smallest absolute Gasteiger partial charge is 0.0642 e. The molecule has 1 aliphatic carbocycles. The third-order valence-electron chi connectivity index (χ3n) is 4.39. The van der Waals surface area contributed by atoms with Crippen LogP contribution < -0.4 is 5.32 Å². The topological polar surface area (TPSA) is 29.9 Å². The number of nitrogens with one attached hydrogen (secondary N) is 1. The summed E-state index contributed by atoms with van der Waals surface area (Å²) in [5, 5.41) is 8.39. The Hall–Kier alpha value is -0.830. The lowest BCUT2D eigenvalue weighted by Gasteiger charge is -2.23. The third-order valence-corrected chi connectivity index (χ3v) is 4.39. The summed E-state index contributed by atoms with van der Waals surface area (Å²) in [6.07, 6.45) is 11.2. The van der Waals surface area contributed by atoms with E-state index in [9.17, 15) is 0 Å². The Kier molecular flexibility index (Phi) is 2.95. The number of aromatic nitrogens is 2. The standard InChI is InChI=1S/C14H23N3/c1-14(8-4-9-15-14)11-12-7-10-17(16-12)13-5-2-3-6-13/h7,10,13,15H,2-6,8-9,11H2,1H3. The Labute approximate surface area is 104 Å². The van der Waals surface area contributed by atoms with E-state index in [0.29, 0.717) is 6.04 Å². The van der Waals surface area contributed by atoms with E-state index in [0.717, 1.165) is 6.42 Å². The van der Waals surface area contributed by atoms with Crippen LogP contribution in [0.15, 0.2) is 12.3 Å². The molecule has 2 aliphatic rings. The van der Waals surface area contributed by atoms with Crippen LogP contribution in [0.4, 0.5) is 0 Å². The van der Waals surface area contributed by atoms with Crippen LogP contribution in [-0.2, 0) is 6.42 Å². The van der Waals surface area contributed by atoms with Crippen molar-refractivity contribution in [2.45, 2.75) is 63.5 Å². The molecule has 3 rings (SSSR count). The van der Waals surface area contributed by atoms with Crippen LogP contribution in [0.25, 0.3) is 0 Å². The zero-order valence-electron chi connectivity index (χ0n) is 10.8. The van der Waals surface area contributed by atoms with Gasteiger partial charge < -0.3 is 5.32 Å². The Balaban J connectivity index is 1.67. The predicted octanol–water partition coefficient (Wildman–Crippen LogP) is 2.68. The molecule has 1 saturated heterocycles. The van der Waals surface area contributed by atoms with Crippen molar-refractivity contribution < 1.29 is 0 Å². The van der Waals surface area contributed by atoms with E-state index in [1.165, 1.54) is 50.8 Å². The molecule has 0 aromatic carbocycles. The highest BCUT2D eigenvalue weighted by Gasteiger charge is 2.29. The molecule has 1 saturated carbocycles. The van der Waals surface area contributed by atoms with Gasteiger partial charge in [-0.25, -0.2) is 0 Å². The monoisotopic (exact) mass is 233 g/mol. The van der Waals surface area contributed by atoms with Gasteiger partial charge in [0.15, 0.2) is 0 Å². The van der Waals surface area contributed by atoms with E-state index >= 15 is 0 Å². The number of rotatable bonds is 3. The summed E-state index contributed by atoms with van der Waals surface area (Å²) in [5.41, 5.74) is 1.54. The third kappa shape index (κ3) is 2.39. The molecule has 1 atom stereocenters. The molecule has 1 aromatic rings. The fourth-order valence-electron chi connectivity index (χ4n) is 3.35. The molecule has 3 heteroatoms. The molecule has 2 heterocycles. The number of nitrogens with zero attached hydrogens (tertiary/aromatic N) is 2. The zero-order chi connectivity index (χ0) is 11.7. The number of hydrogen-bond donors (Lipinski definition) is 1. The van der Waals surface area contributed by atoms with Gasteiger partial charge in [-0.05, 0) is 45.2 Å². The molecule has 1 aromatic heterocycles. The van der Waals surface area contributed by atoms with Gasteiger partial charge in [0.25, 0.3) is 0 Å². The first kappa shape index (κ1) is 11.3. The summed E-state index contributed by atoms with van der Waals surface area (Å²) < 4.78 is 2.21. The summed E-state index contributed by atoms with van der Waals surface area (Å²) in [5.74, 6) is 0. The Morgan fingerprint density at radius 2 is 2.24 bits per heavy atom. The van der Waals surface area contributed by atoms with Crippen LogP contribution in [-0.4, -0.2) is 21.9 Å². The maximum Gasteiger partial charge on any atom is 0.0642 e. The molecule has 94 valence electrons. The van der Waals surface area contributed by atoms with Crippen LogP contribution >= 0.6 is 0 Å². The first-order valence-corrected chi connectivity index (χ1v) is 7.04. The van der Waals surface area contributed by atoms with Gasteiger partial charge in [-0.1, -0.05) is 12.8 Å². The zero-order valence-corrected chi connectivity index (χ0v) is 10.8. The quantitative estimate of drug-likeness (QED) is 0.870. The number of hydrogen-bond acceptors (Lipinski definition) is 2. The van der Waals surface area contributed by atoms with Crippen molar-refractivity contribution in [3.8, 4) is 0 Å². The lowest BCUT2D eigenvalue weighted by molar-refractivity contribution is 0.400. The summed E-state index contributed by atoms with van der Waals surface area (Å²) in [6, 6.07) is 2.89. The Bertz CT molecular complexity index is 371. The molecule has 0 amide bonds. The highest BCUT2D eigenvalue weighted by molar-refractivity contribution is 5.07. The highest BCUT2D eigenvalue weighted by atomic mass is 15.3. The average Bonchev–Trinajstić information content (AvgIpc) is 2.98. The van der Waals surface area contributed by atoms with Crippen molar-refractivity contribution in [3.63, 3.8) is 0 Å². The molecule has 0 bridgehead atoms. The van der Waals surface area contributed by atoms with Gasteiger partial charge in [0.1, 0.15) is 0 Å². The molecule has 17 heavy (non-hydrogen) atoms. The molecular formula is C14H23N3. The predicted molar refractivity (Wildman–Crippen MR) is 69.1 cm³/mol. The van der Waals surface area contributed by atoms with Gasteiger partial charge >= 0.3 is 0 Å². The van der Waals surface area contributed by atoms with E-state index < -0.39 is 0 Å². The molecule has 0 spiro atoms. The van der Waals surface area contributed by atoms with Crippen LogP contribution in [0.3, 0.4) is 0 Å². The van der Waals surface area contributed by atoms with Crippen molar-refractivity contribution in [3.05, 3.63) is 18.0 Å². The van der Waals surface area contributed by atoms with Gasteiger partial charge in [-0.3, -0.25) is 4.68 Å². The van der Waals surface area contributed by atoms with Crippen molar-refractivity contribution in [1.29, 1.82) is 0 Å². The Morgan fingerprint density at radius 3 is 2.94 bits per heavy atom. The van der Waals surface area contributed by atoms with Gasteiger partial charge in [-0.15, -0.1) is 0 Å². The van der Waals surface area contributed by atoms with E-state index in [4.69, 9.17) is 5.10 Å². The summed E-state index contributed by atoms with van der Waals surface area (Å²) in [4.78, 5) is 0. The average molecular weight is 233 g/mol. The second-order valence-electron chi connectivity index (χ2n) is 5.99. The molecule has 0 radical (unpaired) electrons. The van der Waals surface area contributed by atoms with Crippen molar-refractivity contribution in [2.24, 2.45) is 0 Å². The fraction of sp³-hybridized carbons (Fsp3) is 0.786. The van der Waals surface area contributed by atoms with E-state index in [-0.39, 0.29) is 5.54 Å². The summed E-state index contributed by atoms with van der Waals surface area (Å²) in [7, 11) is 0. The molecule has 3 nitrogen and oxygen atoms in total. The van der Waals surface area contributed by atoms with Gasteiger partial charge in [0.2, 0.25) is 0 Å². The molecule has 1 unspecified atom stereocenters. The van der Waals surface area contributed by atoms with Crippen LogP contribution in [0.1, 0.15) is 57.2 Å². The largest absolute Gasteiger partial charge is 0.311 e. The minimum Gasteiger partial charge on any atom is -0.311 e.